The third kappa shape index (κ3) is 4.53. The van der Waals surface area contributed by atoms with Gasteiger partial charge in [0.2, 0.25) is 11.8 Å². The maximum absolute atomic E-state index is 14.4. The highest BCUT2D eigenvalue weighted by Crippen LogP contribution is 2.65. The van der Waals surface area contributed by atoms with Gasteiger partial charge in [-0.25, -0.2) is 0 Å². The molecule has 10 heteroatoms. The quantitative estimate of drug-likeness (QED) is 0.381. The third-order valence-corrected chi connectivity index (χ3v) is 10.3. The number of cyclic esters (lactones) is 1. The van der Waals surface area contributed by atoms with Crippen molar-refractivity contribution < 1.29 is 29.0 Å². The van der Waals surface area contributed by atoms with Gasteiger partial charge in [0.25, 0.3) is 0 Å². The Hall–Kier alpha value is -1.88. The Balaban J connectivity index is 1.54. The summed E-state index contributed by atoms with van der Waals surface area (Å²) < 4.78 is 9.37. The van der Waals surface area contributed by atoms with Gasteiger partial charge in [-0.3, -0.25) is 19.3 Å². The van der Waals surface area contributed by atoms with Crippen LogP contribution in [0.15, 0.2) is 24.3 Å². The molecule has 0 aromatic rings. The molecule has 5 aliphatic rings. The van der Waals surface area contributed by atoms with Crippen LogP contribution in [0.3, 0.4) is 0 Å². The van der Waals surface area contributed by atoms with Gasteiger partial charge in [-0.15, -0.1) is 11.8 Å². The van der Waals surface area contributed by atoms with Crippen LogP contribution in [0, 0.1) is 17.8 Å². The highest BCUT2D eigenvalue weighted by atomic mass is 32.2. The molecule has 1 unspecified atom stereocenters. The van der Waals surface area contributed by atoms with Gasteiger partial charge >= 0.3 is 5.97 Å². The van der Waals surface area contributed by atoms with Crippen LogP contribution in [-0.2, 0) is 23.9 Å². The second-order valence-electron chi connectivity index (χ2n) is 11.4. The molecule has 204 valence electrons. The molecule has 1 N–H and O–H groups in total. The number of esters is 1. The molecule has 0 saturated carbocycles. The first-order valence-corrected chi connectivity index (χ1v) is 14.3. The van der Waals surface area contributed by atoms with Crippen molar-refractivity contribution in [1.82, 2.24) is 14.7 Å². The summed E-state index contributed by atoms with van der Waals surface area (Å²) in [6.07, 6.45) is 8.40. The van der Waals surface area contributed by atoms with E-state index < -0.39 is 39.4 Å². The zero-order valence-corrected chi connectivity index (χ0v) is 22.8. The van der Waals surface area contributed by atoms with E-state index in [9.17, 15) is 19.5 Å². The molecular formula is C27H39N3O6S. The highest BCUT2D eigenvalue weighted by molar-refractivity contribution is 8.02. The predicted molar refractivity (Wildman–Crippen MR) is 140 cm³/mol. The van der Waals surface area contributed by atoms with E-state index in [1.54, 1.807) is 16.7 Å². The third-order valence-electron chi connectivity index (χ3n) is 8.47. The van der Waals surface area contributed by atoms with E-state index in [2.05, 4.69) is 4.90 Å². The van der Waals surface area contributed by atoms with E-state index in [1.165, 1.54) is 0 Å². The zero-order chi connectivity index (χ0) is 26.4. The molecule has 3 saturated heterocycles. The molecule has 0 radical (unpaired) electrons. The zero-order valence-electron chi connectivity index (χ0n) is 22.0. The lowest BCUT2D eigenvalue weighted by Crippen LogP contribution is -2.57. The SMILES string of the molecule is CC(C)C[C@H](CO)N1C(=O)[C@@H]2[C@H]3C(=O)OCC=C[C@@]3(C)S[C@@]23C=CCN(CCN2CCOCC2)C(=O)C13. The first-order chi connectivity index (χ1) is 17.7. The minimum Gasteiger partial charge on any atom is -0.461 e. The van der Waals surface area contributed by atoms with Gasteiger partial charge < -0.3 is 24.4 Å². The topological polar surface area (TPSA) is 99.6 Å². The smallest absolute Gasteiger partial charge is 0.311 e. The van der Waals surface area contributed by atoms with Gasteiger partial charge in [0.15, 0.2) is 0 Å². The molecule has 5 aliphatic heterocycles. The molecule has 5 rings (SSSR count). The minimum atomic E-state index is -0.910. The van der Waals surface area contributed by atoms with Crippen LogP contribution < -0.4 is 0 Å². The number of carbonyl (C=O) groups is 3. The second-order valence-corrected chi connectivity index (χ2v) is 13.2. The van der Waals surface area contributed by atoms with Crippen LogP contribution in [-0.4, -0.2) is 118 Å². The Morgan fingerprint density at radius 1 is 1.08 bits per heavy atom. The lowest BCUT2D eigenvalue weighted by Gasteiger charge is -2.40. The number of morpholine rings is 1. The maximum Gasteiger partial charge on any atom is 0.311 e. The van der Waals surface area contributed by atoms with Crippen molar-refractivity contribution in [3.05, 3.63) is 24.3 Å². The number of hydrogen-bond acceptors (Lipinski definition) is 8. The number of thioether (sulfide) groups is 1. The van der Waals surface area contributed by atoms with Crippen molar-refractivity contribution in [3.8, 4) is 0 Å². The maximum atomic E-state index is 14.4. The number of aliphatic hydroxyl groups is 1. The monoisotopic (exact) mass is 533 g/mol. The van der Waals surface area contributed by atoms with E-state index in [0.29, 0.717) is 32.7 Å². The van der Waals surface area contributed by atoms with Gasteiger partial charge in [0.1, 0.15) is 12.6 Å². The Morgan fingerprint density at radius 3 is 2.54 bits per heavy atom. The van der Waals surface area contributed by atoms with Crippen LogP contribution >= 0.6 is 11.8 Å². The summed E-state index contributed by atoms with van der Waals surface area (Å²) in [5, 5.41) is 10.4. The summed E-state index contributed by atoms with van der Waals surface area (Å²) in [4.78, 5) is 47.7. The van der Waals surface area contributed by atoms with Crippen LogP contribution in [0.4, 0.5) is 0 Å². The van der Waals surface area contributed by atoms with E-state index in [-0.39, 0.29) is 30.9 Å². The molecule has 6 atom stereocenters. The molecule has 2 amide bonds. The van der Waals surface area contributed by atoms with E-state index in [4.69, 9.17) is 9.47 Å². The fourth-order valence-corrected chi connectivity index (χ4v) is 8.98. The molecule has 0 aromatic carbocycles. The molecule has 37 heavy (non-hydrogen) atoms. The summed E-state index contributed by atoms with van der Waals surface area (Å²) >= 11 is 1.54. The van der Waals surface area contributed by atoms with Crippen molar-refractivity contribution in [3.63, 3.8) is 0 Å². The minimum absolute atomic E-state index is 0.110. The van der Waals surface area contributed by atoms with Gasteiger partial charge in [-0.1, -0.05) is 32.1 Å². The average Bonchev–Trinajstić information content (AvgIpc) is 3.13. The lowest BCUT2D eigenvalue weighted by atomic mass is 9.75. The molecule has 5 heterocycles. The Bertz CT molecular complexity index is 981. The van der Waals surface area contributed by atoms with Crippen LogP contribution in [0.1, 0.15) is 27.2 Å². The van der Waals surface area contributed by atoms with E-state index in [0.717, 1.165) is 19.6 Å². The summed E-state index contributed by atoms with van der Waals surface area (Å²) in [7, 11) is 0. The Labute approximate surface area is 223 Å². The number of rotatable bonds is 7. The number of fused-ring (bicyclic) bond motifs is 2. The highest BCUT2D eigenvalue weighted by Gasteiger charge is 2.74. The Kier molecular flexibility index (Phi) is 7.48. The standard InChI is InChI=1S/C27H39N3O6S/c1-18(2)16-19(17-31)30-22-24(33)29(10-9-28-11-14-35-15-12-28)8-4-7-27(22)20(23(30)32)21-25(34)36-13-5-6-26(21,3)37-27/h4-7,18-22,31H,8-17H2,1-3H3/t19-,20+,21+,22?,26-,27+/m1/s1. The van der Waals surface area contributed by atoms with Crippen molar-refractivity contribution >= 4 is 29.5 Å². The fourth-order valence-electron chi connectivity index (χ4n) is 6.84. The summed E-state index contributed by atoms with van der Waals surface area (Å²) in [6.45, 7) is 10.8. The summed E-state index contributed by atoms with van der Waals surface area (Å²) in [5.41, 5.74) is 0. The molecule has 0 bridgehead atoms. The van der Waals surface area contributed by atoms with Crippen molar-refractivity contribution in [2.75, 3.05) is 59.2 Å². The van der Waals surface area contributed by atoms with Gasteiger partial charge in [-0.05, 0) is 25.3 Å². The number of likely N-dealkylation sites (tertiary alicyclic amines) is 1. The molecule has 0 aromatic heterocycles. The first kappa shape index (κ1) is 26.7. The molecular weight excluding hydrogens is 494 g/mol. The molecule has 3 fully saturated rings. The molecule has 1 spiro atoms. The summed E-state index contributed by atoms with van der Waals surface area (Å²) in [6, 6.07) is -1.29. The lowest BCUT2D eigenvalue weighted by molar-refractivity contribution is -0.153. The summed E-state index contributed by atoms with van der Waals surface area (Å²) in [5.74, 6) is -1.95. The Morgan fingerprint density at radius 2 is 1.84 bits per heavy atom. The largest absolute Gasteiger partial charge is 0.461 e. The van der Waals surface area contributed by atoms with Gasteiger partial charge in [0, 0.05) is 37.5 Å². The van der Waals surface area contributed by atoms with Crippen LogP contribution in [0.5, 0.6) is 0 Å². The average molecular weight is 534 g/mol. The van der Waals surface area contributed by atoms with E-state index in [1.807, 2.05) is 50.0 Å². The van der Waals surface area contributed by atoms with Gasteiger partial charge in [0.05, 0.1) is 42.4 Å². The van der Waals surface area contributed by atoms with E-state index >= 15 is 0 Å². The number of ether oxygens (including phenoxy) is 2. The van der Waals surface area contributed by atoms with Crippen LogP contribution in [0.25, 0.3) is 0 Å². The fraction of sp³-hybridized carbons (Fsp3) is 0.741. The van der Waals surface area contributed by atoms with Crippen LogP contribution in [0.2, 0.25) is 0 Å². The molecule has 9 nitrogen and oxygen atoms in total. The number of nitrogens with zero attached hydrogens (tertiary/aromatic N) is 3. The predicted octanol–water partition coefficient (Wildman–Crippen LogP) is 0.925. The first-order valence-electron chi connectivity index (χ1n) is 13.5. The number of carbonyl (C=O) groups excluding carboxylic acids is 3. The number of aliphatic hydroxyl groups excluding tert-OH is 1. The second kappa shape index (κ2) is 10.4. The number of amides is 2. The van der Waals surface area contributed by atoms with Crippen molar-refractivity contribution in [1.29, 1.82) is 0 Å². The molecule has 0 aliphatic carbocycles. The normalized spacial score (nSPS) is 36.8. The number of hydrogen-bond donors (Lipinski definition) is 1. The van der Waals surface area contributed by atoms with Gasteiger partial charge in [-0.2, -0.15) is 0 Å². The van der Waals surface area contributed by atoms with Crippen molar-refractivity contribution in [2.45, 2.75) is 48.8 Å². The van der Waals surface area contributed by atoms with Crippen molar-refractivity contribution in [2.24, 2.45) is 17.8 Å².